The monoisotopic (exact) mass is 388 g/mol. The van der Waals surface area contributed by atoms with Crippen LogP contribution in [0.15, 0.2) is 70.5 Å². The molecule has 1 N–H and O–H groups in total. The largest absolute Gasteiger partial charge is 0.306 e. The topological polar surface area (TPSA) is 68.4 Å². The molecule has 4 rings (SSSR count). The van der Waals surface area contributed by atoms with Crippen LogP contribution in [-0.4, -0.2) is 27.5 Å². The van der Waals surface area contributed by atoms with Crippen molar-refractivity contribution in [3.05, 3.63) is 82.1 Å². The Morgan fingerprint density at radius 1 is 0.966 bits per heavy atom. The lowest BCUT2D eigenvalue weighted by atomic mass is 10.1. The maximum absolute atomic E-state index is 13.5. The number of anilines is 1. The number of para-hydroxylation sites is 1. The highest BCUT2D eigenvalue weighted by Crippen LogP contribution is 2.21. The van der Waals surface area contributed by atoms with Crippen LogP contribution in [0.3, 0.4) is 0 Å². The molecule has 1 aliphatic rings. The molecule has 0 atom stereocenters. The van der Waals surface area contributed by atoms with Gasteiger partial charge in [0, 0.05) is 19.2 Å². The number of aliphatic imine (C=N–C) groups is 1. The molecule has 148 valence electrons. The summed E-state index contributed by atoms with van der Waals surface area (Å²) in [5.74, 6) is 0.232. The van der Waals surface area contributed by atoms with E-state index in [9.17, 15) is 9.59 Å². The summed E-state index contributed by atoms with van der Waals surface area (Å²) in [7, 11) is 1.79. The zero-order valence-corrected chi connectivity index (χ0v) is 16.5. The van der Waals surface area contributed by atoms with Crippen molar-refractivity contribution in [1.29, 1.82) is 0 Å². The van der Waals surface area contributed by atoms with Crippen molar-refractivity contribution in [2.75, 3.05) is 11.9 Å². The Morgan fingerprint density at radius 3 is 2.38 bits per heavy atom. The Hall–Kier alpha value is -3.41. The number of benzene rings is 2. The van der Waals surface area contributed by atoms with E-state index in [1.54, 1.807) is 28.5 Å². The smallest absolute Gasteiger partial charge is 0.282 e. The van der Waals surface area contributed by atoms with Crippen LogP contribution in [0.1, 0.15) is 41.6 Å². The van der Waals surface area contributed by atoms with Gasteiger partial charge < -0.3 is 5.32 Å². The molecular formula is C23H24N4O2. The van der Waals surface area contributed by atoms with Gasteiger partial charge in [-0.1, -0.05) is 42.8 Å². The fourth-order valence-electron chi connectivity index (χ4n) is 3.72. The lowest BCUT2D eigenvalue weighted by molar-refractivity contribution is 0.102. The van der Waals surface area contributed by atoms with Gasteiger partial charge in [0.2, 0.25) is 0 Å². The average molecular weight is 388 g/mol. The number of rotatable bonds is 4. The molecule has 2 aromatic carbocycles. The molecule has 0 radical (unpaired) electrons. The van der Waals surface area contributed by atoms with Crippen LogP contribution < -0.4 is 10.9 Å². The maximum Gasteiger partial charge on any atom is 0.282 e. The number of nitrogens with zero attached hydrogens (tertiary/aromatic N) is 3. The van der Waals surface area contributed by atoms with E-state index < -0.39 is 0 Å². The molecule has 6 heteroatoms. The Bertz CT molecular complexity index is 1100. The Balaban J connectivity index is 1.85. The van der Waals surface area contributed by atoms with Crippen LogP contribution in [0.2, 0.25) is 0 Å². The summed E-state index contributed by atoms with van der Waals surface area (Å²) >= 11 is 0. The van der Waals surface area contributed by atoms with Crippen molar-refractivity contribution in [3.63, 3.8) is 0 Å². The molecule has 1 aliphatic heterocycles. The summed E-state index contributed by atoms with van der Waals surface area (Å²) < 4.78 is 3.30. The van der Waals surface area contributed by atoms with Gasteiger partial charge in [0.25, 0.3) is 11.5 Å². The van der Waals surface area contributed by atoms with Crippen molar-refractivity contribution >= 4 is 17.4 Å². The van der Waals surface area contributed by atoms with Crippen LogP contribution in [0.4, 0.5) is 5.82 Å². The molecule has 1 amide bonds. The van der Waals surface area contributed by atoms with E-state index in [0.29, 0.717) is 23.5 Å². The zero-order chi connectivity index (χ0) is 20.2. The molecule has 6 nitrogen and oxygen atoms in total. The third-order valence-electron chi connectivity index (χ3n) is 5.20. The second-order valence-electron chi connectivity index (χ2n) is 7.16. The second kappa shape index (κ2) is 8.31. The first-order chi connectivity index (χ1) is 14.2. The average Bonchev–Trinajstić information content (AvgIpc) is 2.92. The SMILES string of the molecule is Cn1c(NC(=O)c2ccccc2)c(C2=NCCCCC2)c(=O)n1-c1ccccc1. The maximum atomic E-state index is 13.5. The van der Waals surface area contributed by atoms with Gasteiger partial charge in [-0.3, -0.25) is 19.3 Å². The van der Waals surface area contributed by atoms with Gasteiger partial charge in [0.15, 0.2) is 0 Å². The molecule has 2 heterocycles. The predicted octanol–water partition coefficient (Wildman–Crippen LogP) is 3.79. The normalized spacial score (nSPS) is 14.2. The van der Waals surface area contributed by atoms with E-state index in [2.05, 4.69) is 10.3 Å². The van der Waals surface area contributed by atoms with E-state index >= 15 is 0 Å². The molecule has 3 aromatic rings. The van der Waals surface area contributed by atoms with Crippen molar-refractivity contribution in [3.8, 4) is 5.69 Å². The summed E-state index contributed by atoms with van der Waals surface area (Å²) in [6, 6.07) is 18.5. The van der Waals surface area contributed by atoms with Crippen LogP contribution in [0.25, 0.3) is 5.69 Å². The first-order valence-corrected chi connectivity index (χ1v) is 9.94. The molecule has 0 aliphatic carbocycles. The number of hydrogen-bond donors (Lipinski definition) is 1. The number of nitrogens with one attached hydrogen (secondary N) is 1. The number of carbonyl (C=O) groups is 1. The predicted molar refractivity (Wildman–Crippen MR) is 115 cm³/mol. The molecular weight excluding hydrogens is 364 g/mol. The summed E-state index contributed by atoms with van der Waals surface area (Å²) in [6.45, 7) is 0.709. The van der Waals surface area contributed by atoms with Crippen molar-refractivity contribution < 1.29 is 4.79 Å². The number of aromatic nitrogens is 2. The minimum Gasteiger partial charge on any atom is -0.306 e. The van der Waals surface area contributed by atoms with Crippen LogP contribution in [-0.2, 0) is 7.05 Å². The van der Waals surface area contributed by atoms with Crippen molar-refractivity contribution in [1.82, 2.24) is 9.36 Å². The Morgan fingerprint density at radius 2 is 1.66 bits per heavy atom. The fraction of sp³-hybridized carbons (Fsp3) is 0.261. The molecule has 0 bridgehead atoms. The van der Waals surface area contributed by atoms with E-state index in [1.165, 1.54) is 0 Å². The van der Waals surface area contributed by atoms with Crippen LogP contribution >= 0.6 is 0 Å². The number of hydrogen-bond acceptors (Lipinski definition) is 3. The molecule has 29 heavy (non-hydrogen) atoms. The standard InChI is InChI=1S/C23H24N4O2/c1-26-21(25-22(28)17-11-5-2-6-12-17)20(19-15-9-4-10-16-24-19)23(29)27(26)18-13-7-3-8-14-18/h2-3,5-8,11-14H,4,9-10,15-16H2,1H3,(H,25,28). The fourth-order valence-corrected chi connectivity index (χ4v) is 3.72. The molecule has 1 aromatic heterocycles. The van der Waals surface area contributed by atoms with Crippen molar-refractivity contribution in [2.24, 2.45) is 12.0 Å². The molecule has 0 spiro atoms. The summed E-state index contributed by atoms with van der Waals surface area (Å²) in [5, 5.41) is 2.97. The highest BCUT2D eigenvalue weighted by molar-refractivity contribution is 6.10. The van der Waals surface area contributed by atoms with E-state index in [0.717, 1.165) is 37.1 Å². The Labute approximate surface area is 169 Å². The van der Waals surface area contributed by atoms with Gasteiger partial charge in [-0.15, -0.1) is 0 Å². The number of carbonyl (C=O) groups excluding carboxylic acids is 1. The third-order valence-corrected chi connectivity index (χ3v) is 5.20. The molecule has 0 saturated carbocycles. The summed E-state index contributed by atoms with van der Waals surface area (Å²) in [6.07, 6.45) is 3.85. The van der Waals surface area contributed by atoms with E-state index in [1.807, 2.05) is 48.5 Å². The number of amides is 1. The van der Waals surface area contributed by atoms with Gasteiger partial charge in [-0.2, -0.15) is 0 Å². The molecule has 0 unspecified atom stereocenters. The Kier molecular flexibility index (Phi) is 5.42. The second-order valence-corrected chi connectivity index (χ2v) is 7.16. The summed E-state index contributed by atoms with van der Waals surface area (Å²) in [5.41, 5.74) is 2.39. The highest BCUT2D eigenvalue weighted by atomic mass is 16.2. The minimum atomic E-state index is -0.248. The van der Waals surface area contributed by atoms with Gasteiger partial charge >= 0.3 is 0 Å². The third kappa shape index (κ3) is 3.78. The highest BCUT2D eigenvalue weighted by Gasteiger charge is 2.25. The van der Waals surface area contributed by atoms with E-state index in [4.69, 9.17) is 0 Å². The quantitative estimate of drug-likeness (QED) is 0.739. The zero-order valence-electron chi connectivity index (χ0n) is 16.5. The van der Waals surface area contributed by atoms with Crippen molar-refractivity contribution in [2.45, 2.75) is 25.7 Å². The van der Waals surface area contributed by atoms with Crippen LogP contribution in [0.5, 0.6) is 0 Å². The molecule has 0 fully saturated rings. The van der Waals surface area contributed by atoms with Gasteiger partial charge in [0.1, 0.15) is 11.4 Å². The van der Waals surface area contributed by atoms with Gasteiger partial charge in [0.05, 0.1) is 11.4 Å². The van der Waals surface area contributed by atoms with Gasteiger partial charge in [-0.25, -0.2) is 4.68 Å². The van der Waals surface area contributed by atoms with Gasteiger partial charge in [-0.05, 0) is 43.5 Å². The molecule has 0 saturated heterocycles. The van der Waals surface area contributed by atoms with Crippen LogP contribution in [0, 0.1) is 0 Å². The first kappa shape index (κ1) is 18.9. The summed E-state index contributed by atoms with van der Waals surface area (Å²) in [4.78, 5) is 31.0. The first-order valence-electron chi connectivity index (χ1n) is 9.94. The lowest BCUT2D eigenvalue weighted by Gasteiger charge is -2.12. The minimum absolute atomic E-state index is 0.164. The van der Waals surface area contributed by atoms with E-state index in [-0.39, 0.29) is 11.5 Å². The lowest BCUT2D eigenvalue weighted by Crippen LogP contribution is -2.22.